The van der Waals surface area contributed by atoms with Gasteiger partial charge in [-0.2, -0.15) is 0 Å². The van der Waals surface area contributed by atoms with Gasteiger partial charge >= 0.3 is 0 Å². The van der Waals surface area contributed by atoms with Crippen LogP contribution in [0.2, 0.25) is 0 Å². The van der Waals surface area contributed by atoms with E-state index in [1.54, 1.807) is 31.4 Å². The van der Waals surface area contributed by atoms with Crippen molar-refractivity contribution in [3.8, 4) is 5.75 Å². The van der Waals surface area contributed by atoms with Crippen LogP contribution in [0.5, 0.6) is 5.75 Å². The topological polar surface area (TPSA) is 47.6 Å². The monoisotopic (exact) mass is 223 g/mol. The standard InChI is InChI=1S/C12H17NO3/c1-9(2)8-16-13-12(14)10-4-6-11(15-3)7-5-10/h4-7,9H,8H2,1-3H3,(H,13,14). The van der Waals surface area contributed by atoms with Gasteiger partial charge in [-0.15, -0.1) is 0 Å². The summed E-state index contributed by atoms with van der Waals surface area (Å²) in [5.41, 5.74) is 2.93. The molecule has 4 nitrogen and oxygen atoms in total. The second-order valence-electron chi connectivity index (χ2n) is 3.86. The molecule has 0 heterocycles. The second-order valence-corrected chi connectivity index (χ2v) is 3.86. The minimum absolute atomic E-state index is 0.247. The van der Waals surface area contributed by atoms with Crippen LogP contribution in [0.3, 0.4) is 0 Å². The van der Waals surface area contributed by atoms with Gasteiger partial charge in [-0.3, -0.25) is 9.63 Å². The fourth-order valence-corrected chi connectivity index (χ4v) is 1.08. The number of methoxy groups -OCH3 is 1. The van der Waals surface area contributed by atoms with E-state index in [1.165, 1.54) is 0 Å². The van der Waals surface area contributed by atoms with Crippen molar-refractivity contribution in [3.63, 3.8) is 0 Å². The highest BCUT2D eigenvalue weighted by Crippen LogP contribution is 2.10. The van der Waals surface area contributed by atoms with E-state index in [9.17, 15) is 4.79 Å². The van der Waals surface area contributed by atoms with Gasteiger partial charge in [0.1, 0.15) is 5.75 Å². The molecular weight excluding hydrogens is 206 g/mol. The minimum atomic E-state index is -0.247. The lowest BCUT2D eigenvalue weighted by molar-refractivity contribution is 0.0208. The van der Waals surface area contributed by atoms with Gasteiger partial charge in [-0.25, -0.2) is 5.48 Å². The first-order chi connectivity index (χ1) is 7.63. The van der Waals surface area contributed by atoms with Gasteiger partial charge in [0.05, 0.1) is 13.7 Å². The highest BCUT2D eigenvalue weighted by atomic mass is 16.6. The maximum Gasteiger partial charge on any atom is 0.274 e. The van der Waals surface area contributed by atoms with Gasteiger partial charge in [0.2, 0.25) is 0 Å². The van der Waals surface area contributed by atoms with Crippen molar-refractivity contribution in [3.05, 3.63) is 29.8 Å². The number of benzene rings is 1. The molecule has 1 aromatic rings. The molecular formula is C12H17NO3. The lowest BCUT2D eigenvalue weighted by Crippen LogP contribution is -2.25. The summed E-state index contributed by atoms with van der Waals surface area (Å²) in [4.78, 5) is 16.6. The fourth-order valence-electron chi connectivity index (χ4n) is 1.08. The predicted molar refractivity (Wildman–Crippen MR) is 61.3 cm³/mol. The van der Waals surface area contributed by atoms with Crippen LogP contribution in [0.4, 0.5) is 0 Å². The van der Waals surface area contributed by atoms with Gasteiger partial charge in [-0.1, -0.05) is 13.8 Å². The number of carbonyl (C=O) groups is 1. The van der Waals surface area contributed by atoms with Gasteiger partial charge in [-0.05, 0) is 30.2 Å². The molecule has 0 unspecified atom stereocenters. The van der Waals surface area contributed by atoms with E-state index in [0.717, 1.165) is 5.75 Å². The first kappa shape index (κ1) is 12.5. The van der Waals surface area contributed by atoms with E-state index in [2.05, 4.69) is 5.48 Å². The normalized spacial score (nSPS) is 10.2. The molecule has 1 amide bonds. The molecule has 0 saturated carbocycles. The number of amides is 1. The maximum absolute atomic E-state index is 11.5. The Hall–Kier alpha value is -1.55. The zero-order valence-corrected chi connectivity index (χ0v) is 9.82. The molecule has 0 saturated heterocycles. The van der Waals surface area contributed by atoms with Gasteiger partial charge in [0, 0.05) is 5.56 Å². The molecule has 1 aromatic carbocycles. The summed E-state index contributed by atoms with van der Waals surface area (Å²) in [6, 6.07) is 6.84. The highest BCUT2D eigenvalue weighted by molar-refractivity contribution is 5.93. The Bertz CT molecular complexity index is 333. The average Bonchev–Trinajstić information content (AvgIpc) is 2.28. The summed E-state index contributed by atoms with van der Waals surface area (Å²) < 4.78 is 5.00. The third-order valence-corrected chi connectivity index (χ3v) is 1.93. The molecule has 1 rings (SSSR count). The average molecular weight is 223 g/mol. The maximum atomic E-state index is 11.5. The first-order valence-electron chi connectivity index (χ1n) is 5.19. The van der Waals surface area contributed by atoms with Crippen molar-refractivity contribution in [2.75, 3.05) is 13.7 Å². The van der Waals surface area contributed by atoms with Crippen LogP contribution in [0, 0.1) is 5.92 Å². The van der Waals surface area contributed by atoms with Crippen LogP contribution in [0.25, 0.3) is 0 Å². The minimum Gasteiger partial charge on any atom is -0.497 e. The Morgan fingerprint density at radius 2 is 1.94 bits per heavy atom. The summed E-state index contributed by atoms with van der Waals surface area (Å²) in [5, 5.41) is 0. The van der Waals surface area contributed by atoms with Crippen molar-refractivity contribution < 1.29 is 14.4 Å². The van der Waals surface area contributed by atoms with E-state index >= 15 is 0 Å². The van der Waals surface area contributed by atoms with Gasteiger partial charge in [0.15, 0.2) is 0 Å². The number of hydrogen-bond donors (Lipinski definition) is 1. The van der Waals surface area contributed by atoms with Crippen LogP contribution in [0.1, 0.15) is 24.2 Å². The molecule has 0 aliphatic carbocycles. The van der Waals surface area contributed by atoms with Crippen LogP contribution in [0.15, 0.2) is 24.3 Å². The molecule has 0 aromatic heterocycles. The smallest absolute Gasteiger partial charge is 0.274 e. The molecule has 1 N–H and O–H groups in total. The Morgan fingerprint density at radius 3 is 2.44 bits per heavy atom. The summed E-state index contributed by atoms with van der Waals surface area (Å²) in [5.74, 6) is 0.860. The largest absolute Gasteiger partial charge is 0.497 e. The van der Waals surface area contributed by atoms with Crippen molar-refractivity contribution in [1.82, 2.24) is 5.48 Å². The van der Waals surface area contributed by atoms with Crippen molar-refractivity contribution in [2.24, 2.45) is 5.92 Å². The van der Waals surface area contributed by atoms with Crippen LogP contribution in [-0.2, 0) is 4.84 Å². The third-order valence-electron chi connectivity index (χ3n) is 1.93. The van der Waals surface area contributed by atoms with Crippen molar-refractivity contribution in [1.29, 1.82) is 0 Å². The van der Waals surface area contributed by atoms with Crippen LogP contribution < -0.4 is 10.2 Å². The number of ether oxygens (including phenoxy) is 1. The second kappa shape index (κ2) is 6.12. The molecule has 4 heteroatoms. The molecule has 0 aliphatic rings. The highest BCUT2D eigenvalue weighted by Gasteiger charge is 2.05. The molecule has 0 fully saturated rings. The summed E-state index contributed by atoms with van der Waals surface area (Å²) in [6.07, 6.45) is 0. The number of hydrogen-bond acceptors (Lipinski definition) is 3. The SMILES string of the molecule is COc1ccc(C(=O)NOCC(C)C)cc1. The Labute approximate surface area is 95.5 Å². The summed E-state index contributed by atoms with van der Waals surface area (Å²) in [7, 11) is 1.58. The molecule has 0 spiro atoms. The van der Waals surface area contributed by atoms with Crippen molar-refractivity contribution >= 4 is 5.91 Å². The van der Waals surface area contributed by atoms with E-state index in [4.69, 9.17) is 9.57 Å². The summed E-state index contributed by atoms with van der Waals surface area (Å²) in [6.45, 7) is 4.53. The Balaban J connectivity index is 2.46. The lowest BCUT2D eigenvalue weighted by atomic mass is 10.2. The number of rotatable bonds is 5. The molecule has 0 atom stereocenters. The summed E-state index contributed by atoms with van der Waals surface area (Å²) >= 11 is 0. The molecule has 88 valence electrons. The number of carbonyl (C=O) groups excluding carboxylic acids is 1. The molecule has 16 heavy (non-hydrogen) atoms. The molecule has 0 bridgehead atoms. The first-order valence-corrected chi connectivity index (χ1v) is 5.19. The lowest BCUT2D eigenvalue weighted by Gasteiger charge is -2.08. The van der Waals surface area contributed by atoms with Crippen molar-refractivity contribution in [2.45, 2.75) is 13.8 Å². The van der Waals surface area contributed by atoms with E-state index in [-0.39, 0.29) is 5.91 Å². The van der Waals surface area contributed by atoms with Crippen LogP contribution >= 0.6 is 0 Å². The van der Waals surface area contributed by atoms with E-state index in [1.807, 2.05) is 13.8 Å². The van der Waals surface area contributed by atoms with Gasteiger partial charge in [0.25, 0.3) is 5.91 Å². The van der Waals surface area contributed by atoms with Gasteiger partial charge < -0.3 is 4.74 Å². The number of nitrogens with one attached hydrogen (secondary N) is 1. The zero-order chi connectivity index (χ0) is 12.0. The Morgan fingerprint density at radius 1 is 1.31 bits per heavy atom. The molecule has 0 radical (unpaired) electrons. The fraction of sp³-hybridized carbons (Fsp3) is 0.417. The third kappa shape index (κ3) is 3.90. The predicted octanol–water partition coefficient (Wildman–Crippen LogP) is 2.01. The zero-order valence-electron chi connectivity index (χ0n) is 9.82. The molecule has 0 aliphatic heterocycles. The van der Waals surface area contributed by atoms with Crippen LogP contribution in [-0.4, -0.2) is 19.6 Å². The number of hydroxylamine groups is 1. The van der Waals surface area contributed by atoms with E-state index < -0.39 is 0 Å². The van der Waals surface area contributed by atoms with E-state index in [0.29, 0.717) is 18.1 Å². The Kier molecular flexibility index (Phi) is 4.79. The quantitative estimate of drug-likeness (QED) is 0.777.